The third-order valence-electron chi connectivity index (χ3n) is 4.57. The SMILES string of the molecule is CN=C(NCCc1ccc(C)c(OC)c1)NCc1ccc(-n2cccn2)cc1.I. The summed E-state index contributed by atoms with van der Waals surface area (Å²) in [6.45, 7) is 3.55. The molecule has 0 fully saturated rings. The normalized spacial score (nSPS) is 10.9. The molecule has 0 radical (unpaired) electrons. The van der Waals surface area contributed by atoms with Crippen molar-refractivity contribution >= 4 is 29.9 Å². The summed E-state index contributed by atoms with van der Waals surface area (Å²) in [5.41, 5.74) is 4.61. The molecule has 3 aromatic rings. The smallest absolute Gasteiger partial charge is 0.191 e. The molecule has 2 N–H and O–H groups in total. The summed E-state index contributed by atoms with van der Waals surface area (Å²) >= 11 is 0. The van der Waals surface area contributed by atoms with E-state index in [0.717, 1.165) is 35.9 Å². The highest BCUT2D eigenvalue weighted by molar-refractivity contribution is 14.0. The lowest BCUT2D eigenvalue weighted by atomic mass is 10.1. The van der Waals surface area contributed by atoms with Crippen molar-refractivity contribution in [1.82, 2.24) is 20.4 Å². The van der Waals surface area contributed by atoms with Gasteiger partial charge in [0.25, 0.3) is 0 Å². The Bertz CT molecular complexity index is 907. The number of guanidine groups is 1. The number of hydrogen-bond acceptors (Lipinski definition) is 3. The molecule has 0 saturated heterocycles. The van der Waals surface area contributed by atoms with Gasteiger partial charge in [-0.15, -0.1) is 24.0 Å². The molecule has 29 heavy (non-hydrogen) atoms. The Balaban J connectivity index is 0.00000300. The zero-order valence-corrected chi connectivity index (χ0v) is 19.4. The van der Waals surface area contributed by atoms with E-state index in [9.17, 15) is 0 Å². The fourth-order valence-corrected chi connectivity index (χ4v) is 2.94. The van der Waals surface area contributed by atoms with Crippen LogP contribution in [0.25, 0.3) is 5.69 Å². The zero-order valence-electron chi connectivity index (χ0n) is 17.1. The van der Waals surface area contributed by atoms with E-state index in [0.29, 0.717) is 6.54 Å². The number of methoxy groups -OCH3 is 1. The molecular weight excluding hydrogens is 477 g/mol. The number of nitrogens with zero attached hydrogens (tertiary/aromatic N) is 3. The standard InChI is InChI=1S/C22H27N5O.HI/c1-17-5-6-18(15-21(17)28-3)11-13-24-22(23-2)25-16-19-7-9-20(10-8-19)27-14-4-12-26-27;/h4-10,12,14-15H,11,13,16H2,1-3H3,(H2,23,24,25);1H. The molecule has 0 aliphatic heterocycles. The molecule has 0 bridgehead atoms. The van der Waals surface area contributed by atoms with Crippen molar-refractivity contribution < 1.29 is 4.74 Å². The lowest BCUT2D eigenvalue weighted by Crippen LogP contribution is -2.37. The summed E-state index contributed by atoms with van der Waals surface area (Å²) in [5.74, 6) is 1.72. The number of nitrogens with one attached hydrogen (secondary N) is 2. The summed E-state index contributed by atoms with van der Waals surface area (Å²) < 4.78 is 7.24. The molecule has 154 valence electrons. The molecule has 0 aliphatic carbocycles. The van der Waals surface area contributed by atoms with E-state index in [1.165, 1.54) is 11.1 Å². The topological polar surface area (TPSA) is 63.5 Å². The minimum absolute atomic E-state index is 0. The van der Waals surface area contributed by atoms with Crippen LogP contribution in [0.4, 0.5) is 0 Å². The highest BCUT2D eigenvalue weighted by Gasteiger charge is 2.03. The number of hydrogen-bond donors (Lipinski definition) is 2. The average molecular weight is 505 g/mol. The first kappa shape index (κ1) is 22.7. The van der Waals surface area contributed by atoms with Gasteiger partial charge in [0.2, 0.25) is 0 Å². The van der Waals surface area contributed by atoms with E-state index < -0.39 is 0 Å². The quantitative estimate of drug-likeness (QED) is 0.292. The van der Waals surface area contributed by atoms with Gasteiger partial charge in [-0.2, -0.15) is 5.10 Å². The molecule has 0 unspecified atom stereocenters. The maximum Gasteiger partial charge on any atom is 0.191 e. The van der Waals surface area contributed by atoms with Gasteiger partial charge in [-0.3, -0.25) is 4.99 Å². The van der Waals surface area contributed by atoms with Crippen molar-refractivity contribution in [2.24, 2.45) is 4.99 Å². The first-order valence-electron chi connectivity index (χ1n) is 9.36. The predicted molar refractivity (Wildman–Crippen MR) is 129 cm³/mol. The summed E-state index contributed by atoms with van der Waals surface area (Å²) in [6, 6.07) is 16.5. The number of aliphatic imine (C=N–C) groups is 1. The minimum Gasteiger partial charge on any atom is -0.496 e. The summed E-state index contributed by atoms with van der Waals surface area (Å²) in [4.78, 5) is 4.30. The van der Waals surface area contributed by atoms with Gasteiger partial charge in [0.15, 0.2) is 5.96 Å². The molecule has 1 heterocycles. The lowest BCUT2D eigenvalue weighted by molar-refractivity contribution is 0.411. The molecule has 3 rings (SSSR count). The number of aryl methyl sites for hydroxylation is 1. The average Bonchev–Trinajstić information content (AvgIpc) is 3.27. The van der Waals surface area contributed by atoms with Crippen LogP contribution < -0.4 is 15.4 Å². The molecule has 2 aromatic carbocycles. The van der Waals surface area contributed by atoms with E-state index in [1.807, 2.05) is 23.9 Å². The number of aromatic nitrogens is 2. The van der Waals surface area contributed by atoms with Crippen LogP contribution in [0.1, 0.15) is 16.7 Å². The van der Waals surface area contributed by atoms with Crippen LogP contribution in [-0.2, 0) is 13.0 Å². The van der Waals surface area contributed by atoms with Crippen LogP contribution in [0.3, 0.4) is 0 Å². The minimum atomic E-state index is 0. The fraction of sp³-hybridized carbons (Fsp3) is 0.273. The van der Waals surface area contributed by atoms with Crippen LogP contribution in [0.15, 0.2) is 65.9 Å². The first-order chi connectivity index (χ1) is 13.7. The highest BCUT2D eigenvalue weighted by Crippen LogP contribution is 2.19. The maximum atomic E-state index is 5.39. The summed E-state index contributed by atoms with van der Waals surface area (Å²) in [7, 11) is 3.49. The molecule has 1 aromatic heterocycles. The second-order valence-electron chi connectivity index (χ2n) is 6.52. The largest absolute Gasteiger partial charge is 0.496 e. The van der Waals surface area contributed by atoms with Gasteiger partial charge < -0.3 is 15.4 Å². The molecular formula is C22H28IN5O. The van der Waals surface area contributed by atoms with Crippen molar-refractivity contribution in [3.63, 3.8) is 0 Å². The first-order valence-corrected chi connectivity index (χ1v) is 9.36. The number of rotatable bonds is 7. The number of benzene rings is 2. The Morgan fingerprint density at radius 3 is 2.52 bits per heavy atom. The number of halogens is 1. The van der Waals surface area contributed by atoms with Gasteiger partial charge >= 0.3 is 0 Å². The Kier molecular flexibility index (Phi) is 8.98. The van der Waals surface area contributed by atoms with Crippen molar-refractivity contribution in [2.45, 2.75) is 19.9 Å². The molecule has 0 aliphatic rings. The van der Waals surface area contributed by atoms with Gasteiger partial charge in [0.05, 0.1) is 12.8 Å². The van der Waals surface area contributed by atoms with Gasteiger partial charge in [-0.05, 0) is 54.3 Å². The lowest BCUT2D eigenvalue weighted by Gasteiger charge is -2.13. The van der Waals surface area contributed by atoms with E-state index in [2.05, 4.69) is 63.2 Å². The van der Waals surface area contributed by atoms with Crippen molar-refractivity contribution in [3.05, 3.63) is 77.6 Å². The number of ether oxygens (including phenoxy) is 1. The Morgan fingerprint density at radius 1 is 1.10 bits per heavy atom. The monoisotopic (exact) mass is 505 g/mol. The third-order valence-corrected chi connectivity index (χ3v) is 4.57. The fourth-order valence-electron chi connectivity index (χ4n) is 2.94. The van der Waals surface area contributed by atoms with E-state index >= 15 is 0 Å². The van der Waals surface area contributed by atoms with Gasteiger partial charge in [-0.1, -0.05) is 24.3 Å². The highest BCUT2D eigenvalue weighted by atomic mass is 127. The second-order valence-corrected chi connectivity index (χ2v) is 6.52. The molecule has 0 spiro atoms. The van der Waals surface area contributed by atoms with Crippen molar-refractivity contribution in [2.75, 3.05) is 20.7 Å². The Hall–Kier alpha value is -2.55. The molecule has 6 nitrogen and oxygen atoms in total. The zero-order chi connectivity index (χ0) is 19.8. The van der Waals surface area contributed by atoms with Gasteiger partial charge in [0.1, 0.15) is 5.75 Å². The maximum absolute atomic E-state index is 5.39. The van der Waals surface area contributed by atoms with Crippen LogP contribution in [0.5, 0.6) is 5.75 Å². The third kappa shape index (κ3) is 6.49. The molecule has 7 heteroatoms. The van der Waals surface area contributed by atoms with E-state index in [-0.39, 0.29) is 24.0 Å². The van der Waals surface area contributed by atoms with E-state index in [4.69, 9.17) is 4.74 Å². The predicted octanol–water partition coefficient (Wildman–Crippen LogP) is 3.72. The molecule has 0 saturated carbocycles. The van der Waals surface area contributed by atoms with Crippen LogP contribution in [-0.4, -0.2) is 36.4 Å². The van der Waals surface area contributed by atoms with Crippen LogP contribution >= 0.6 is 24.0 Å². The molecule has 0 amide bonds. The van der Waals surface area contributed by atoms with Crippen LogP contribution in [0.2, 0.25) is 0 Å². The van der Waals surface area contributed by atoms with Gasteiger partial charge in [-0.25, -0.2) is 4.68 Å². The second kappa shape index (κ2) is 11.5. The van der Waals surface area contributed by atoms with E-state index in [1.54, 1.807) is 20.4 Å². The summed E-state index contributed by atoms with van der Waals surface area (Å²) in [6.07, 6.45) is 4.61. The van der Waals surface area contributed by atoms with Gasteiger partial charge in [0, 0.05) is 32.5 Å². The Morgan fingerprint density at radius 2 is 1.86 bits per heavy atom. The van der Waals surface area contributed by atoms with Crippen molar-refractivity contribution in [1.29, 1.82) is 0 Å². The van der Waals surface area contributed by atoms with Crippen molar-refractivity contribution in [3.8, 4) is 11.4 Å². The van der Waals surface area contributed by atoms with Crippen LogP contribution in [0, 0.1) is 6.92 Å². The Labute approximate surface area is 189 Å². The molecule has 0 atom stereocenters. The summed E-state index contributed by atoms with van der Waals surface area (Å²) in [5, 5.41) is 10.9.